The molecule has 4 rings (SSSR count). The second-order valence-corrected chi connectivity index (χ2v) is 9.38. The highest BCUT2D eigenvalue weighted by Crippen LogP contribution is 2.23. The van der Waals surface area contributed by atoms with Crippen LogP contribution in [-0.4, -0.2) is 33.3 Å². The molecule has 0 fully saturated rings. The molecule has 0 unspecified atom stereocenters. The molecule has 0 aliphatic heterocycles. The van der Waals surface area contributed by atoms with E-state index in [0.29, 0.717) is 13.2 Å². The van der Waals surface area contributed by atoms with E-state index in [4.69, 9.17) is 13.7 Å². The monoisotopic (exact) mass is 465 g/mol. The van der Waals surface area contributed by atoms with Crippen molar-refractivity contribution in [3.05, 3.63) is 90.1 Å². The van der Waals surface area contributed by atoms with Gasteiger partial charge in [0.05, 0.1) is 30.7 Å². The zero-order valence-electron chi connectivity index (χ0n) is 18.7. The average Bonchev–Trinajstić information content (AvgIpc) is 3.22. The lowest BCUT2D eigenvalue weighted by molar-refractivity contribution is 0.302. The number of rotatable bonds is 10. The van der Waals surface area contributed by atoms with E-state index in [1.807, 2.05) is 66.2 Å². The van der Waals surface area contributed by atoms with Gasteiger partial charge in [0.15, 0.2) is 0 Å². The number of hydrogen-bond acceptors (Lipinski definition) is 5. The van der Waals surface area contributed by atoms with Gasteiger partial charge in [0.25, 0.3) is 10.1 Å². The lowest BCUT2D eigenvalue weighted by Gasteiger charge is -2.10. The minimum absolute atomic E-state index is 0.0426. The number of ether oxygens (including phenoxy) is 2. The number of nitrogens with zero attached hydrogens (tertiary/aromatic N) is 1. The van der Waals surface area contributed by atoms with Crippen molar-refractivity contribution in [2.45, 2.75) is 24.8 Å². The summed E-state index contributed by atoms with van der Waals surface area (Å²) in [6, 6.07) is 22.5. The smallest absolute Gasteiger partial charge is 0.297 e. The van der Waals surface area contributed by atoms with Gasteiger partial charge in [0, 0.05) is 25.2 Å². The van der Waals surface area contributed by atoms with E-state index in [9.17, 15) is 8.42 Å². The van der Waals surface area contributed by atoms with E-state index >= 15 is 0 Å². The molecule has 33 heavy (non-hydrogen) atoms. The minimum Gasteiger partial charge on any atom is -0.497 e. The summed E-state index contributed by atoms with van der Waals surface area (Å²) in [5.74, 6) is 1.59. The van der Waals surface area contributed by atoms with Crippen LogP contribution in [0.5, 0.6) is 11.5 Å². The van der Waals surface area contributed by atoms with Crippen LogP contribution in [0.25, 0.3) is 10.9 Å². The van der Waals surface area contributed by atoms with Gasteiger partial charge >= 0.3 is 0 Å². The third kappa shape index (κ3) is 5.74. The second-order valence-electron chi connectivity index (χ2n) is 7.77. The number of hydrogen-bond donors (Lipinski definition) is 0. The van der Waals surface area contributed by atoms with Gasteiger partial charge in [-0.3, -0.25) is 4.18 Å². The summed E-state index contributed by atoms with van der Waals surface area (Å²) in [6.45, 7) is 2.89. The molecule has 0 saturated heterocycles. The average molecular weight is 466 g/mol. The summed E-state index contributed by atoms with van der Waals surface area (Å²) in [5.41, 5.74) is 3.10. The van der Waals surface area contributed by atoms with Gasteiger partial charge in [-0.1, -0.05) is 29.8 Å². The van der Waals surface area contributed by atoms with E-state index in [2.05, 4.69) is 0 Å². The fourth-order valence-corrected chi connectivity index (χ4v) is 4.48. The first-order valence-electron chi connectivity index (χ1n) is 10.8. The summed E-state index contributed by atoms with van der Waals surface area (Å²) in [4.78, 5) is 0.164. The number of fused-ring (bicyclic) bond motifs is 1. The molecule has 0 saturated carbocycles. The van der Waals surface area contributed by atoms with Crippen LogP contribution in [0.2, 0.25) is 0 Å². The first-order valence-corrected chi connectivity index (χ1v) is 12.2. The minimum atomic E-state index is -3.78. The summed E-state index contributed by atoms with van der Waals surface area (Å²) in [7, 11) is -2.13. The van der Waals surface area contributed by atoms with Crippen LogP contribution in [0.15, 0.2) is 83.9 Å². The first kappa shape index (κ1) is 22.9. The predicted molar refractivity (Wildman–Crippen MR) is 128 cm³/mol. The topological polar surface area (TPSA) is 66.8 Å². The number of benzene rings is 3. The largest absolute Gasteiger partial charge is 0.497 e. The van der Waals surface area contributed by atoms with Crippen LogP contribution < -0.4 is 9.47 Å². The van der Waals surface area contributed by atoms with E-state index in [1.54, 1.807) is 31.4 Å². The van der Waals surface area contributed by atoms with Crippen LogP contribution >= 0.6 is 0 Å². The molecule has 0 atom stereocenters. The Morgan fingerprint density at radius 3 is 2.48 bits per heavy atom. The molecule has 6 nitrogen and oxygen atoms in total. The fourth-order valence-electron chi connectivity index (χ4n) is 3.58. The Hall–Kier alpha value is -3.29. The molecule has 0 bridgehead atoms. The predicted octanol–water partition coefficient (Wildman–Crippen LogP) is 4.99. The Labute approximate surface area is 194 Å². The van der Waals surface area contributed by atoms with Crippen molar-refractivity contribution >= 4 is 21.0 Å². The maximum absolute atomic E-state index is 12.4. The highest BCUT2D eigenvalue weighted by atomic mass is 32.2. The molecule has 7 heteroatoms. The Kier molecular flexibility index (Phi) is 7.01. The van der Waals surface area contributed by atoms with E-state index in [-0.39, 0.29) is 11.5 Å². The summed E-state index contributed by atoms with van der Waals surface area (Å²) in [6.07, 6.45) is 2.69. The molecular weight excluding hydrogens is 438 g/mol. The SMILES string of the molecule is COc1cccc(CCOc2ccc3ccn(CCOS(=O)(=O)c4ccc(C)cc4)c3c2)c1. The quantitative estimate of drug-likeness (QED) is 0.309. The van der Waals surface area contributed by atoms with Crippen LogP contribution in [0.3, 0.4) is 0 Å². The van der Waals surface area contributed by atoms with Crippen LogP contribution in [0.4, 0.5) is 0 Å². The van der Waals surface area contributed by atoms with Crippen LogP contribution in [0, 0.1) is 6.92 Å². The van der Waals surface area contributed by atoms with Crippen molar-refractivity contribution in [3.8, 4) is 11.5 Å². The van der Waals surface area contributed by atoms with Gasteiger partial charge in [-0.2, -0.15) is 8.42 Å². The van der Waals surface area contributed by atoms with Gasteiger partial charge in [0.2, 0.25) is 0 Å². The fraction of sp³-hybridized carbons (Fsp3) is 0.231. The highest BCUT2D eigenvalue weighted by molar-refractivity contribution is 7.86. The molecule has 0 aliphatic rings. The lowest BCUT2D eigenvalue weighted by atomic mass is 10.1. The first-order chi connectivity index (χ1) is 15.9. The second kappa shape index (κ2) is 10.1. The lowest BCUT2D eigenvalue weighted by Crippen LogP contribution is -2.12. The summed E-state index contributed by atoms with van der Waals surface area (Å²) < 4.78 is 43.3. The number of aromatic nitrogens is 1. The Morgan fingerprint density at radius 2 is 1.70 bits per heavy atom. The molecule has 1 aromatic heterocycles. The summed E-state index contributed by atoms with van der Waals surface area (Å²) >= 11 is 0. The van der Waals surface area contributed by atoms with Gasteiger partial charge < -0.3 is 14.0 Å². The van der Waals surface area contributed by atoms with Gasteiger partial charge in [-0.15, -0.1) is 0 Å². The third-order valence-electron chi connectivity index (χ3n) is 5.42. The Balaban J connectivity index is 1.36. The van der Waals surface area contributed by atoms with E-state index in [0.717, 1.165) is 39.9 Å². The van der Waals surface area contributed by atoms with Gasteiger partial charge in [0.1, 0.15) is 11.5 Å². The molecule has 3 aromatic carbocycles. The van der Waals surface area contributed by atoms with Crippen molar-refractivity contribution in [2.24, 2.45) is 0 Å². The third-order valence-corrected chi connectivity index (χ3v) is 6.75. The normalized spacial score (nSPS) is 11.6. The van der Waals surface area contributed by atoms with Crippen molar-refractivity contribution < 1.29 is 22.1 Å². The van der Waals surface area contributed by atoms with Crippen LogP contribution in [0.1, 0.15) is 11.1 Å². The maximum Gasteiger partial charge on any atom is 0.297 e. The Bertz CT molecular complexity index is 1330. The van der Waals surface area contributed by atoms with E-state index < -0.39 is 10.1 Å². The Morgan fingerprint density at radius 1 is 0.879 bits per heavy atom. The molecule has 0 amide bonds. The maximum atomic E-state index is 12.4. The van der Waals surface area contributed by atoms with Crippen LogP contribution in [-0.2, 0) is 27.3 Å². The molecule has 0 spiro atoms. The summed E-state index contributed by atoms with van der Waals surface area (Å²) in [5, 5.41) is 1.05. The van der Waals surface area contributed by atoms with Crippen molar-refractivity contribution in [1.29, 1.82) is 0 Å². The zero-order valence-corrected chi connectivity index (χ0v) is 19.5. The van der Waals surface area contributed by atoms with Gasteiger partial charge in [-0.05, 0) is 60.3 Å². The molecule has 0 aliphatic carbocycles. The highest BCUT2D eigenvalue weighted by Gasteiger charge is 2.15. The van der Waals surface area contributed by atoms with E-state index in [1.165, 1.54) is 0 Å². The molecule has 1 heterocycles. The number of aryl methyl sites for hydroxylation is 1. The van der Waals surface area contributed by atoms with Crippen molar-refractivity contribution in [1.82, 2.24) is 4.57 Å². The standard InChI is InChI=1S/C26H27NO5S/c1-20-6-10-25(11-7-20)33(28,29)32-17-15-27-14-12-22-8-9-24(19-26(22)27)31-16-13-21-4-3-5-23(18-21)30-2/h3-12,14,18-19H,13,15-17H2,1-2H3. The molecule has 172 valence electrons. The molecule has 0 radical (unpaired) electrons. The van der Waals surface area contributed by atoms with Crippen molar-refractivity contribution in [3.63, 3.8) is 0 Å². The number of methoxy groups -OCH3 is 1. The van der Waals surface area contributed by atoms with Gasteiger partial charge in [-0.25, -0.2) is 0 Å². The zero-order chi connectivity index (χ0) is 23.3. The molecule has 0 N–H and O–H groups in total. The molecular formula is C26H27NO5S. The molecule has 4 aromatic rings. The van der Waals surface area contributed by atoms with Crippen molar-refractivity contribution in [2.75, 3.05) is 20.3 Å².